The second-order valence-corrected chi connectivity index (χ2v) is 4.01. The second kappa shape index (κ2) is 4.45. The molecule has 0 atom stereocenters. The number of para-hydroxylation sites is 1. The maximum absolute atomic E-state index is 5.59. The van der Waals surface area contributed by atoms with Gasteiger partial charge in [-0.3, -0.25) is 0 Å². The SMILES string of the molecule is CC(C)Nc1nc(CN)nc2ccccc12. The molecule has 16 heavy (non-hydrogen) atoms. The molecule has 0 aliphatic heterocycles. The number of nitrogens with two attached hydrogens (primary N) is 1. The number of aromatic nitrogens is 2. The summed E-state index contributed by atoms with van der Waals surface area (Å²) in [6.07, 6.45) is 0. The summed E-state index contributed by atoms with van der Waals surface area (Å²) in [5.74, 6) is 1.53. The van der Waals surface area contributed by atoms with Crippen LogP contribution in [0.15, 0.2) is 24.3 Å². The van der Waals surface area contributed by atoms with Crippen LogP contribution < -0.4 is 11.1 Å². The predicted octanol–water partition coefficient (Wildman–Crippen LogP) is 1.91. The molecule has 2 rings (SSSR count). The Labute approximate surface area is 94.9 Å². The smallest absolute Gasteiger partial charge is 0.144 e. The Kier molecular flexibility index (Phi) is 3.01. The highest BCUT2D eigenvalue weighted by molar-refractivity contribution is 5.89. The lowest BCUT2D eigenvalue weighted by atomic mass is 10.2. The Morgan fingerprint density at radius 1 is 1.25 bits per heavy atom. The fourth-order valence-corrected chi connectivity index (χ4v) is 1.60. The van der Waals surface area contributed by atoms with Crippen molar-refractivity contribution in [2.45, 2.75) is 26.4 Å². The lowest BCUT2D eigenvalue weighted by Crippen LogP contribution is -2.14. The molecular weight excluding hydrogens is 200 g/mol. The first kappa shape index (κ1) is 10.8. The maximum atomic E-state index is 5.59. The van der Waals surface area contributed by atoms with E-state index in [9.17, 15) is 0 Å². The fraction of sp³-hybridized carbons (Fsp3) is 0.333. The van der Waals surface area contributed by atoms with E-state index in [1.165, 1.54) is 0 Å². The van der Waals surface area contributed by atoms with E-state index in [1.54, 1.807) is 0 Å². The average molecular weight is 216 g/mol. The van der Waals surface area contributed by atoms with Crippen LogP contribution in [0.5, 0.6) is 0 Å². The van der Waals surface area contributed by atoms with Crippen molar-refractivity contribution >= 4 is 16.7 Å². The summed E-state index contributed by atoms with van der Waals surface area (Å²) < 4.78 is 0. The Hall–Kier alpha value is -1.68. The van der Waals surface area contributed by atoms with E-state index in [1.807, 2.05) is 24.3 Å². The Morgan fingerprint density at radius 2 is 2.00 bits per heavy atom. The van der Waals surface area contributed by atoms with Crippen molar-refractivity contribution in [2.75, 3.05) is 5.32 Å². The summed E-state index contributed by atoms with van der Waals surface area (Å²) in [7, 11) is 0. The summed E-state index contributed by atoms with van der Waals surface area (Å²) in [6.45, 7) is 4.52. The zero-order chi connectivity index (χ0) is 11.5. The standard InChI is InChI=1S/C12H16N4/c1-8(2)14-12-9-5-3-4-6-10(9)15-11(7-13)16-12/h3-6,8H,7,13H2,1-2H3,(H,14,15,16). The number of nitrogens with one attached hydrogen (secondary N) is 1. The molecule has 0 aliphatic carbocycles. The zero-order valence-electron chi connectivity index (χ0n) is 9.57. The summed E-state index contributed by atoms with van der Waals surface area (Å²) >= 11 is 0. The third-order valence-corrected chi connectivity index (χ3v) is 2.26. The van der Waals surface area contributed by atoms with E-state index in [-0.39, 0.29) is 0 Å². The van der Waals surface area contributed by atoms with Crippen molar-refractivity contribution in [1.29, 1.82) is 0 Å². The molecule has 0 radical (unpaired) electrons. The summed E-state index contributed by atoms with van der Waals surface area (Å²) in [6, 6.07) is 8.28. The van der Waals surface area contributed by atoms with Crippen LogP contribution in [-0.4, -0.2) is 16.0 Å². The molecule has 0 amide bonds. The Balaban J connectivity index is 2.59. The first-order valence-corrected chi connectivity index (χ1v) is 5.43. The van der Waals surface area contributed by atoms with Gasteiger partial charge in [-0.05, 0) is 26.0 Å². The second-order valence-electron chi connectivity index (χ2n) is 4.01. The number of rotatable bonds is 3. The number of nitrogens with zero attached hydrogens (tertiary/aromatic N) is 2. The summed E-state index contributed by atoms with van der Waals surface area (Å²) in [4.78, 5) is 8.80. The lowest BCUT2D eigenvalue weighted by Gasteiger charge is -2.12. The number of hydrogen-bond acceptors (Lipinski definition) is 4. The molecule has 0 saturated heterocycles. The van der Waals surface area contributed by atoms with Crippen LogP contribution in [0.25, 0.3) is 10.9 Å². The number of benzene rings is 1. The highest BCUT2D eigenvalue weighted by atomic mass is 15.1. The molecule has 4 heteroatoms. The van der Waals surface area contributed by atoms with Gasteiger partial charge in [-0.15, -0.1) is 0 Å². The van der Waals surface area contributed by atoms with Gasteiger partial charge < -0.3 is 11.1 Å². The molecule has 0 spiro atoms. The van der Waals surface area contributed by atoms with E-state index in [2.05, 4.69) is 29.1 Å². The van der Waals surface area contributed by atoms with Crippen molar-refractivity contribution in [3.05, 3.63) is 30.1 Å². The van der Waals surface area contributed by atoms with Crippen molar-refractivity contribution < 1.29 is 0 Å². The van der Waals surface area contributed by atoms with E-state index < -0.39 is 0 Å². The molecule has 3 N–H and O–H groups in total. The molecule has 1 aromatic heterocycles. The van der Waals surface area contributed by atoms with Gasteiger partial charge in [0.05, 0.1) is 12.1 Å². The quantitative estimate of drug-likeness (QED) is 0.822. The van der Waals surface area contributed by atoms with Gasteiger partial charge in [0.2, 0.25) is 0 Å². The van der Waals surface area contributed by atoms with Gasteiger partial charge in [-0.25, -0.2) is 9.97 Å². The average Bonchev–Trinajstić information content (AvgIpc) is 2.28. The monoisotopic (exact) mass is 216 g/mol. The largest absolute Gasteiger partial charge is 0.367 e. The van der Waals surface area contributed by atoms with E-state index >= 15 is 0 Å². The van der Waals surface area contributed by atoms with Crippen LogP contribution in [0.2, 0.25) is 0 Å². The zero-order valence-corrected chi connectivity index (χ0v) is 9.57. The van der Waals surface area contributed by atoms with E-state index in [4.69, 9.17) is 5.73 Å². The minimum Gasteiger partial charge on any atom is -0.367 e. The minimum atomic E-state index is 0.337. The first-order valence-electron chi connectivity index (χ1n) is 5.43. The van der Waals surface area contributed by atoms with Crippen LogP contribution in [-0.2, 0) is 6.54 Å². The Morgan fingerprint density at radius 3 is 2.69 bits per heavy atom. The molecule has 0 unspecified atom stereocenters. The topological polar surface area (TPSA) is 63.8 Å². The number of anilines is 1. The molecular formula is C12H16N4. The molecule has 0 aliphatic rings. The highest BCUT2D eigenvalue weighted by Gasteiger charge is 2.06. The van der Waals surface area contributed by atoms with Crippen LogP contribution >= 0.6 is 0 Å². The molecule has 1 aromatic carbocycles. The van der Waals surface area contributed by atoms with E-state index in [0.717, 1.165) is 16.7 Å². The van der Waals surface area contributed by atoms with Crippen LogP contribution in [0.4, 0.5) is 5.82 Å². The number of fused-ring (bicyclic) bond motifs is 1. The minimum absolute atomic E-state index is 0.337. The van der Waals surface area contributed by atoms with Gasteiger partial charge in [0.15, 0.2) is 0 Å². The van der Waals surface area contributed by atoms with Crippen molar-refractivity contribution in [2.24, 2.45) is 5.73 Å². The normalized spacial score (nSPS) is 11.0. The molecule has 0 saturated carbocycles. The lowest BCUT2D eigenvalue weighted by molar-refractivity contribution is 0.870. The van der Waals surface area contributed by atoms with Crippen molar-refractivity contribution in [1.82, 2.24) is 9.97 Å². The van der Waals surface area contributed by atoms with Gasteiger partial charge in [-0.1, -0.05) is 12.1 Å². The van der Waals surface area contributed by atoms with Gasteiger partial charge >= 0.3 is 0 Å². The molecule has 0 bridgehead atoms. The maximum Gasteiger partial charge on any atom is 0.144 e. The van der Waals surface area contributed by atoms with Crippen LogP contribution in [0.1, 0.15) is 19.7 Å². The van der Waals surface area contributed by atoms with Gasteiger partial charge in [0.25, 0.3) is 0 Å². The molecule has 4 nitrogen and oxygen atoms in total. The first-order chi connectivity index (χ1) is 7.70. The predicted molar refractivity (Wildman–Crippen MR) is 66.2 cm³/mol. The summed E-state index contributed by atoms with van der Waals surface area (Å²) in [5, 5.41) is 4.35. The fourth-order valence-electron chi connectivity index (χ4n) is 1.60. The molecule has 2 aromatic rings. The van der Waals surface area contributed by atoms with Crippen LogP contribution in [0.3, 0.4) is 0 Å². The molecule has 84 valence electrons. The molecule has 1 heterocycles. The number of hydrogen-bond donors (Lipinski definition) is 2. The van der Waals surface area contributed by atoms with Gasteiger partial charge in [-0.2, -0.15) is 0 Å². The van der Waals surface area contributed by atoms with Crippen molar-refractivity contribution in [3.8, 4) is 0 Å². The Bertz CT molecular complexity index is 493. The van der Waals surface area contributed by atoms with Gasteiger partial charge in [0, 0.05) is 11.4 Å². The highest BCUT2D eigenvalue weighted by Crippen LogP contribution is 2.20. The summed E-state index contributed by atoms with van der Waals surface area (Å²) in [5.41, 5.74) is 6.52. The molecule has 0 fully saturated rings. The van der Waals surface area contributed by atoms with Crippen molar-refractivity contribution in [3.63, 3.8) is 0 Å². The van der Waals surface area contributed by atoms with Gasteiger partial charge in [0.1, 0.15) is 11.6 Å². The third kappa shape index (κ3) is 2.12. The third-order valence-electron chi connectivity index (χ3n) is 2.26. The van der Waals surface area contributed by atoms with Crippen LogP contribution in [0, 0.1) is 0 Å². The van der Waals surface area contributed by atoms with E-state index in [0.29, 0.717) is 18.4 Å².